The van der Waals surface area contributed by atoms with Gasteiger partial charge in [-0.05, 0) is 51.9 Å². The molecule has 0 saturated carbocycles. The molecule has 2 saturated heterocycles. The third-order valence-corrected chi connectivity index (χ3v) is 8.82. The van der Waals surface area contributed by atoms with Crippen LogP contribution in [-0.2, 0) is 0 Å². The van der Waals surface area contributed by atoms with Gasteiger partial charge in [-0.25, -0.2) is 26.9 Å². The van der Waals surface area contributed by atoms with Gasteiger partial charge in [0.1, 0.15) is 28.0 Å². The molecule has 2 aliphatic heterocycles. The molecule has 1 aromatic heterocycles. The Balaban J connectivity index is 1.60. The summed E-state index contributed by atoms with van der Waals surface area (Å²) >= 11 is 0.945. The zero-order chi connectivity index (χ0) is 30.3. The van der Waals surface area contributed by atoms with E-state index >= 15 is 8.78 Å². The number of thiazole rings is 1. The number of hydrogen-bond donors (Lipinski definition) is 1. The standard InChI is InChI=1S/C29H30F5N5O2S/c1-15-14-39(11-10-37(15)3)21-13-20(31)22(28-36-24(16(2)42-28)29(41)38-8-4-5-9-38)23(32)25(21)35-27(40)18-7-6-17(30)12-19(18)26(33)34/h6-7,12-13,15,26H,4-5,8-11,14H2,1-3H3,(H,35,40)/t15-/m0/s1. The zero-order valence-corrected chi connectivity index (χ0v) is 24.1. The van der Waals surface area contributed by atoms with E-state index in [9.17, 15) is 22.8 Å². The highest BCUT2D eigenvalue weighted by Gasteiger charge is 2.32. The van der Waals surface area contributed by atoms with Crippen molar-refractivity contribution in [2.75, 3.05) is 50.0 Å². The van der Waals surface area contributed by atoms with Gasteiger partial charge in [-0.15, -0.1) is 11.3 Å². The maximum absolute atomic E-state index is 16.4. The van der Waals surface area contributed by atoms with E-state index in [4.69, 9.17) is 0 Å². The first-order valence-electron chi connectivity index (χ1n) is 13.6. The smallest absolute Gasteiger partial charge is 0.273 e. The van der Waals surface area contributed by atoms with Gasteiger partial charge in [-0.1, -0.05) is 0 Å². The predicted octanol–water partition coefficient (Wildman–Crippen LogP) is 6.10. The van der Waals surface area contributed by atoms with E-state index in [2.05, 4.69) is 15.2 Å². The second-order valence-electron chi connectivity index (χ2n) is 10.6. The van der Waals surface area contributed by atoms with Crippen LogP contribution in [0.25, 0.3) is 10.6 Å². The fourth-order valence-electron chi connectivity index (χ4n) is 5.31. The van der Waals surface area contributed by atoms with Crippen LogP contribution in [0.5, 0.6) is 0 Å². The van der Waals surface area contributed by atoms with Crippen molar-refractivity contribution in [1.29, 1.82) is 0 Å². The summed E-state index contributed by atoms with van der Waals surface area (Å²) in [6.07, 6.45) is -1.44. The van der Waals surface area contributed by atoms with Gasteiger partial charge in [0.25, 0.3) is 18.2 Å². The molecule has 7 nitrogen and oxygen atoms in total. The Morgan fingerprint density at radius 3 is 2.45 bits per heavy atom. The van der Waals surface area contributed by atoms with Crippen LogP contribution in [0.1, 0.15) is 57.5 Å². The molecule has 13 heteroatoms. The monoisotopic (exact) mass is 607 g/mol. The largest absolute Gasteiger partial charge is 0.367 e. The van der Waals surface area contributed by atoms with Gasteiger partial charge in [-0.3, -0.25) is 9.59 Å². The van der Waals surface area contributed by atoms with Crippen LogP contribution in [0, 0.1) is 24.4 Å². The fourth-order valence-corrected chi connectivity index (χ4v) is 6.26. The summed E-state index contributed by atoms with van der Waals surface area (Å²) in [5, 5.41) is 2.28. The number of carbonyl (C=O) groups is 2. The summed E-state index contributed by atoms with van der Waals surface area (Å²) in [5.74, 6) is -4.48. The minimum absolute atomic E-state index is 0.0106. The number of aromatic nitrogens is 1. The second-order valence-corrected chi connectivity index (χ2v) is 11.8. The summed E-state index contributed by atoms with van der Waals surface area (Å²) in [6.45, 7) is 6.06. The maximum Gasteiger partial charge on any atom is 0.273 e. The van der Waals surface area contributed by atoms with Gasteiger partial charge in [0.2, 0.25) is 0 Å². The molecule has 1 N–H and O–H groups in total. The highest BCUT2D eigenvalue weighted by atomic mass is 32.1. The van der Waals surface area contributed by atoms with E-state index < -0.39 is 52.2 Å². The number of anilines is 2. The molecule has 2 fully saturated rings. The van der Waals surface area contributed by atoms with Crippen molar-refractivity contribution in [2.24, 2.45) is 0 Å². The van der Waals surface area contributed by atoms with E-state index in [0.29, 0.717) is 43.7 Å². The lowest BCUT2D eigenvalue weighted by molar-refractivity contribution is 0.0787. The summed E-state index contributed by atoms with van der Waals surface area (Å²) in [5.41, 5.74) is -2.23. The lowest BCUT2D eigenvalue weighted by atomic mass is 10.0. The van der Waals surface area contributed by atoms with Gasteiger partial charge in [-0.2, -0.15) is 0 Å². The molecule has 0 aliphatic carbocycles. The summed E-state index contributed by atoms with van der Waals surface area (Å²) in [7, 11) is 1.92. The predicted molar refractivity (Wildman–Crippen MR) is 151 cm³/mol. The molecule has 0 radical (unpaired) electrons. The van der Waals surface area contributed by atoms with E-state index in [0.717, 1.165) is 42.4 Å². The minimum atomic E-state index is -3.17. The summed E-state index contributed by atoms with van der Waals surface area (Å²) in [4.78, 5) is 36.5. The number of aryl methyl sites for hydroxylation is 1. The van der Waals surface area contributed by atoms with E-state index in [1.165, 1.54) is 0 Å². The number of likely N-dealkylation sites (tertiary alicyclic amines) is 1. The molecule has 2 aromatic carbocycles. The number of alkyl halides is 2. The highest BCUT2D eigenvalue weighted by molar-refractivity contribution is 7.15. The lowest BCUT2D eigenvalue weighted by Gasteiger charge is -2.39. The summed E-state index contributed by atoms with van der Waals surface area (Å²) < 4.78 is 73.2. The molecule has 1 atom stereocenters. The molecule has 224 valence electrons. The zero-order valence-electron chi connectivity index (χ0n) is 23.3. The Labute approximate surface area is 243 Å². The molecule has 5 rings (SSSR count). The Bertz CT molecular complexity index is 1520. The number of carbonyl (C=O) groups excluding carboxylic acids is 2. The van der Waals surface area contributed by atoms with Crippen molar-refractivity contribution >= 4 is 34.5 Å². The lowest BCUT2D eigenvalue weighted by Crippen LogP contribution is -2.50. The van der Waals surface area contributed by atoms with Crippen LogP contribution >= 0.6 is 11.3 Å². The van der Waals surface area contributed by atoms with Gasteiger partial charge in [0.05, 0.1) is 11.3 Å². The number of nitrogens with one attached hydrogen (secondary N) is 1. The first kappa shape index (κ1) is 29.9. The van der Waals surface area contributed by atoms with Crippen LogP contribution in [0.2, 0.25) is 0 Å². The first-order valence-corrected chi connectivity index (χ1v) is 14.4. The fraction of sp³-hybridized carbons (Fsp3) is 0.414. The Kier molecular flexibility index (Phi) is 8.51. The van der Waals surface area contributed by atoms with E-state index in [-0.39, 0.29) is 28.3 Å². The second kappa shape index (κ2) is 12.0. The number of hydrogen-bond acceptors (Lipinski definition) is 6. The number of rotatable bonds is 6. The van der Waals surface area contributed by atoms with Crippen molar-refractivity contribution in [3.63, 3.8) is 0 Å². The van der Waals surface area contributed by atoms with Crippen molar-refractivity contribution in [2.45, 2.75) is 39.2 Å². The minimum Gasteiger partial charge on any atom is -0.367 e. The summed E-state index contributed by atoms with van der Waals surface area (Å²) in [6, 6.07) is 3.40. The van der Waals surface area contributed by atoms with Crippen molar-refractivity contribution in [3.8, 4) is 10.6 Å². The van der Waals surface area contributed by atoms with Crippen molar-refractivity contribution in [3.05, 3.63) is 63.4 Å². The Morgan fingerprint density at radius 2 is 1.79 bits per heavy atom. The Morgan fingerprint density at radius 1 is 1.07 bits per heavy atom. The molecule has 3 aromatic rings. The third kappa shape index (κ3) is 5.71. The number of nitrogens with zero attached hydrogens (tertiary/aromatic N) is 4. The number of amides is 2. The molecule has 0 spiro atoms. The normalized spacial score (nSPS) is 17.8. The molecule has 0 bridgehead atoms. The van der Waals surface area contributed by atoms with Crippen LogP contribution in [0.3, 0.4) is 0 Å². The number of likely N-dealkylation sites (N-methyl/N-ethyl adjacent to an activating group) is 1. The van der Waals surface area contributed by atoms with E-state index in [1.807, 2.05) is 14.0 Å². The molecule has 3 heterocycles. The Hall–Kier alpha value is -3.58. The highest BCUT2D eigenvalue weighted by Crippen LogP contribution is 2.41. The topological polar surface area (TPSA) is 68.8 Å². The van der Waals surface area contributed by atoms with Crippen LogP contribution < -0.4 is 10.2 Å². The molecule has 0 unspecified atom stereocenters. The van der Waals surface area contributed by atoms with Gasteiger partial charge in [0, 0.05) is 60.8 Å². The maximum atomic E-state index is 16.4. The van der Waals surface area contributed by atoms with Gasteiger partial charge < -0.3 is 20.0 Å². The third-order valence-electron chi connectivity index (χ3n) is 7.84. The van der Waals surface area contributed by atoms with Crippen molar-refractivity contribution in [1.82, 2.24) is 14.8 Å². The van der Waals surface area contributed by atoms with E-state index in [1.54, 1.807) is 16.7 Å². The quantitative estimate of drug-likeness (QED) is 0.343. The van der Waals surface area contributed by atoms with Crippen molar-refractivity contribution < 1.29 is 31.5 Å². The molecule has 2 aliphatic rings. The van der Waals surface area contributed by atoms with Crippen LogP contribution in [0.15, 0.2) is 24.3 Å². The number of piperazine rings is 1. The number of halogens is 5. The molecule has 2 amide bonds. The van der Waals surface area contributed by atoms with Gasteiger partial charge in [0.15, 0.2) is 5.82 Å². The van der Waals surface area contributed by atoms with Crippen LogP contribution in [0.4, 0.5) is 33.3 Å². The number of benzene rings is 2. The first-order chi connectivity index (χ1) is 20.0. The average Bonchev–Trinajstić information content (AvgIpc) is 3.61. The molecular formula is C29H30F5N5O2S. The average molecular weight is 608 g/mol. The SMILES string of the molecule is Cc1sc(-c2c(F)cc(N3CCN(C)[C@@H](C)C3)c(NC(=O)c3ccc(F)cc3C(F)F)c2F)nc1C(=O)N1CCCC1. The molecule has 42 heavy (non-hydrogen) atoms. The van der Waals surface area contributed by atoms with Gasteiger partial charge >= 0.3 is 0 Å². The van der Waals surface area contributed by atoms with Crippen LogP contribution in [-0.4, -0.2) is 72.4 Å². The molecular weight excluding hydrogens is 577 g/mol.